The lowest BCUT2D eigenvalue weighted by molar-refractivity contribution is -0.127. The highest BCUT2D eigenvalue weighted by molar-refractivity contribution is 5.81. The van der Waals surface area contributed by atoms with E-state index in [1.807, 2.05) is 68.4 Å². The van der Waals surface area contributed by atoms with Gasteiger partial charge < -0.3 is 14.6 Å². The smallest absolute Gasteiger partial charge is 0.261 e. The highest BCUT2D eigenvalue weighted by Crippen LogP contribution is 2.30. The van der Waals surface area contributed by atoms with Gasteiger partial charge in [0.05, 0.1) is 17.0 Å². The van der Waals surface area contributed by atoms with Gasteiger partial charge in [0, 0.05) is 24.4 Å². The van der Waals surface area contributed by atoms with Crippen LogP contribution in [0, 0.1) is 13.8 Å². The van der Waals surface area contributed by atoms with Gasteiger partial charge in [0.25, 0.3) is 5.91 Å². The number of ether oxygens (including phenoxy) is 1. The molecule has 162 valence electrons. The van der Waals surface area contributed by atoms with Gasteiger partial charge in [0.15, 0.2) is 11.9 Å². The molecule has 1 unspecified atom stereocenters. The summed E-state index contributed by atoms with van der Waals surface area (Å²) in [6, 6.07) is 17.3. The first-order valence-corrected chi connectivity index (χ1v) is 10.3. The van der Waals surface area contributed by atoms with E-state index >= 15 is 0 Å². The van der Waals surface area contributed by atoms with Crippen LogP contribution in [-0.4, -0.2) is 27.1 Å². The predicted molar refractivity (Wildman–Crippen MR) is 121 cm³/mol. The Hall–Kier alpha value is -4.00. The Kier molecular flexibility index (Phi) is 6.26. The molecule has 0 radical (unpaired) electrons. The van der Waals surface area contributed by atoms with Crippen molar-refractivity contribution in [2.24, 2.45) is 0 Å². The van der Waals surface area contributed by atoms with Gasteiger partial charge in [-0.05, 0) is 38.5 Å². The second kappa shape index (κ2) is 9.43. The molecule has 32 heavy (non-hydrogen) atoms. The van der Waals surface area contributed by atoms with E-state index in [0.717, 1.165) is 33.6 Å². The van der Waals surface area contributed by atoms with E-state index in [9.17, 15) is 4.79 Å². The molecule has 2 aromatic heterocycles. The second-order valence-corrected chi connectivity index (χ2v) is 7.61. The number of hydrogen-bond donors (Lipinski definition) is 1. The number of amides is 1. The summed E-state index contributed by atoms with van der Waals surface area (Å²) < 4.78 is 11.1. The van der Waals surface area contributed by atoms with Crippen LogP contribution in [-0.2, 0) is 11.3 Å². The monoisotopic (exact) mass is 428 g/mol. The molecule has 0 fully saturated rings. The molecule has 1 atom stereocenters. The summed E-state index contributed by atoms with van der Waals surface area (Å²) in [5, 5.41) is 6.86. The van der Waals surface area contributed by atoms with Gasteiger partial charge in [-0.3, -0.25) is 4.79 Å². The van der Waals surface area contributed by atoms with Gasteiger partial charge in [-0.2, -0.15) is 0 Å². The van der Waals surface area contributed by atoms with Crippen molar-refractivity contribution < 1.29 is 14.1 Å². The summed E-state index contributed by atoms with van der Waals surface area (Å²) in [4.78, 5) is 20.9. The molecule has 7 heteroatoms. The molecule has 7 nitrogen and oxygen atoms in total. The minimum atomic E-state index is -0.592. The van der Waals surface area contributed by atoms with Crippen molar-refractivity contribution in [2.45, 2.75) is 33.4 Å². The zero-order valence-electron chi connectivity index (χ0n) is 18.2. The van der Waals surface area contributed by atoms with Crippen LogP contribution in [0.15, 0.2) is 71.6 Å². The van der Waals surface area contributed by atoms with Crippen molar-refractivity contribution in [3.63, 3.8) is 0 Å². The van der Waals surface area contributed by atoms with E-state index < -0.39 is 6.10 Å². The van der Waals surface area contributed by atoms with E-state index in [2.05, 4.69) is 20.4 Å². The third-order valence-electron chi connectivity index (χ3n) is 5.00. The molecule has 0 aliphatic rings. The zero-order valence-corrected chi connectivity index (χ0v) is 18.2. The van der Waals surface area contributed by atoms with Crippen LogP contribution < -0.4 is 10.1 Å². The summed E-state index contributed by atoms with van der Waals surface area (Å²) in [5.41, 5.74) is 5.35. The van der Waals surface area contributed by atoms with Crippen LogP contribution >= 0.6 is 0 Å². The lowest BCUT2D eigenvalue weighted by atomic mass is 10.0. The Morgan fingerprint density at radius 3 is 2.53 bits per heavy atom. The average Bonchev–Trinajstić information content (AvgIpc) is 3.25. The number of rotatable bonds is 7. The number of carbonyl (C=O) groups excluding carboxylic acids is 1. The van der Waals surface area contributed by atoms with Crippen molar-refractivity contribution in [3.8, 4) is 28.3 Å². The molecule has 1 amide bonds. The maximum absolute atomic E-state index is 12.4. The Morgan fingerprint density at radius 2 is 1.84 bits per heavy atom. The SMILES string of the molecule is Cc1ccc(OC(C)C(=O)NCc2ccc(-c3ncncc3-c3cc(C)no3)cc2)cc1. The predicted octanol–water partition coefficient (Wildman–Crippen LogP) is 4.50. The van der Waals surface area contributed by atoms with Gasteiger partial charge in [-0.25, -0.2) is 9.97 Å². The largest absolute Gasteiger partial charge is 0.481 e. The number of aromatic nitrogens is 3. The highest BCUT2D eigenvalue weighted by Gasteiger charge is 2.15. The first-order chi connectivity index (χ1) is 15.5. The number of carbonyl (C=O) groups is 1. The van der Waals surface area contributed by atoms with E-state index in [-0.39, 0.29) is 5.91 Å². The molecule has 0 saturated heterocycles. The minimum absolute atomic E-state index is 0.173. The topological polar surface area (TPSA) is 90.1 Å². The summed E-state index contributed by atoms with van der Waals surface area (Å²) >= 11 is 0. The molecule has 1 N–H and O–H groups in total. The third kappa shape index (κ3) is 5.00. The van der Waals surface area contributed by atoms with Gasteiger partial charge in [-0.1, -0.05) is 47.1 Å². The Bertz CT molecular complexity index is 1200. The standard InChI is InChI=1S/C25H24N4O3/c1-16-4-10-21(11-5-16)31-18(3)25(30)27-13-19-6-8-20(9-7-19)24-22(14-26-15-28-24)23-12-17(2)29-32-23/h4-12,14-15,18H,13H2,1-3H3,(H,27,30). The van der Waals surface area contributed by atoms with Crippen molar-refractivity contribution in [3.05, 3.63) is 83.9 Å². The lowest BCUT2D eigenvalue weighted by Crippen LogP contribution is -2.35. The van der Waals surface area contributed by atoms with Crippen molar-refractivity contribution in [1.82, 2.24) is 20.4 Å². The first kappa shape index (κ1) is 21.2. The number of nitrogens with one attached hydrogen (secondary N) is 1. The van der Waals surface area contributed by atoms with E-state index in [1.54, 1.807) is 13.1 Å². The lowest BCUT2D eigenvalue weighted by Gasteiger charge is -2.15. The summed E-state index contributed by atoms with van der Waals surface area (Å²) in [5.74, 6) is 1.12. The second-order valence-electron chi connectivity index (χ2n) is 7.61. The molecular weight excluding hydrogens is 404 g/mol. The van der Waals surface area contributed by atoms with Gasteiger partial charge in [0.2, 0.25) is 0 Å². The van der Waals surface area contributed by atoms with E-state index in [1.165, 1.54) is 6.33 Å². The van der Waals surface area contributed by atoms with Crippen LogP contribution in [0.5, 0.6) is 5.75 Å². The fourth-order valence-corrected chi connectivity index (χ4v) is 3.22. The van der Waals surface area contributed by atoms with Crippen LogP contribution in [0.1, 0.15) is 23.7 Å². The fraction of sp³-hybridized carbons (Fsp3) is 0.200. The molecule has 0 saturated carbocycles. The highest BCUT2D eigenvalue weighted by atomic mass is 16.5. The van der Waals surface area contributed by atoms with Crippen LogP contribution in [0.3, 0.4) is 0 Å². The normalized spacial score (nSPS) is 11.7. The van der Waals surface area contributed by atoms with Crippen molar-refractivity contribution >= 4 is 5.91 Å². The molecule has 4 rings (SSSR count). The number of nitrogens with zero attached hydrogens (tertiary/aromatic N) is 3. The summed E-state index contributed by atoms with van der Waals surface area (Å²) in [6.07, 6.45) is 2.63. The molecule has 0 bridgehead atoms. The number of benzene rings is 2. The van der Waals surface area contributed by atoms with Crippen molar-refractivity contribution in [2.75, 3.05) is 0 Å². The number of aryl methyl sites for hydroxylation is 2. The molecule has 0 aliphatic heterocycles. The Morgan fingerprint density at radius 1 is 1.09 bits per heavy atom. The van der Waals surface area contributed by atoms with E-state index in [0.29, 0.717) is 18.1 Å². The Balaban J connectivity index is 1.39. The fourth-order valence-electron chi connectivity index (χ4n) is 3.22. The number of hydrogen-bond acceptors (Lipinski definition) is 6. The first-order valence-electron chi connectivity index (χ1n) is 10.3. The zero-order chi connectivity index (χ0) is 22.5. The molecule has 2 heterocycles. The molecule has 2 aromatic carbocycles. The maximum atomic E-state index is 12.4. The van der Waals surface area contributed by atoms with Gasteiger partial charge in [-0.15, -0.1) is 0 Å². The van der Waals surface area contributed by atoms with Crippen LogP contribution in [0.2, 0.25) is 0 Å². The van der Waals surface area contributed by atoms with Gasteiger partial charge >= 0.3 is 0 Å². The molecular formula is C25H24N4O3. The summed E-state index contributed by atoms with van der Waals surface area (Å²) in [7, 11) is 0. The third-order valence-corrected chi connectivity index (χ3v) is 5.00. The van der Waals surface area contributed by atoms with Gasteiger partial charge in [0.1, 0.15) is 12.1 Å². The Labute approximate surface area is 186 Å². The van der Waals surface area contributed by atoms with Crippen molar-refractivity contribution in [1.29, 1.82) is 0 Å². The molecule has 4 aromatic rings. The van der Waals surface area contributed by atoms with E-state index in [4.69, 9.17) is 9.26 Å². The minimum Gasteiger partial charge on any atom is -0.481 e. The molecule has 0 spiro atoms. The average molecular weight is 428 g/mol. The summed E-state index contributed by atoms with van der Waals surface area (Å²) in [6.45, 7) is 6.01. The van der Waals surface area contributed by atoms with Crippen LogP contribution in [0.4, 0.5) is 0 Å². The molecule has 0 aliphatic carbocycles. The maximum Gasteiger partial charge on any atom is 0.261 e. The quantitative estimate of drug-likeness (QED) is 0.466. The van der Waals surface area contributed by atoms with Crippen LogP contribution in [0.25, 0.3) is 22.6 Å².